The van der Waals surface area contributed by atoms with Crippen molar-refractivity contribution in [2.24, 2.45) is 0 Å². The van der Waals surface area contributed by atoms with E-state index in [2.05, 4.69) is 22.8 Å². The third-order valence-electron chi connectivity index (χ3n) is 6.68. The van der Waals surface area contributed by atoms with E-state index >= 15 is 0 Å². The first-order valence-electron chi connectivity index (χ1n) is 11.7. The van der Waals surface area contributed by atoms with Crippen LogP contribution < -0.4 is 0 Å². The van der Waals surface area contributed by atoms with Crippen LogP contribution in [0.3, 0.4) is 0 Å². The predicted molar refractivity (Wildman–Crippen MR) is 126 cm³/mol. The molecule has 0 atom stereocenters. The molecule has 0 spiro atoms. The van der Waals surface area contributed by atoms with Crippen LogP contribution in [0.15, 0.2) is 60.8 Å². The average Bonchev–Trinajstić information content (AvgIpc) is 3.23. The van der Waals surface area contributed by atoms with Crippen LogP contribution in [0.25, 0.3) is 10.9 Å². The van der Waals surface area contributed by atoms with Gasteiger partial charge in [0.1, 0.15) is 0 Å². The summed E-state index contributed by atoms with van der Waals surface area (Å²) in [6, 6.07) is 18.5. The van der Waals surface area contributed by atoms with E-state index in [1.807, 2.05) is 57.3 Å². The molecule has 6 heteroatoms. The Morgan fingerprint density at radius 3 is 2.06 bits per heavy atom. The zero-order valence-corrected chi connectivity index (χ0v) is 18.4. The Morgan fingerprint density at radius 2 is 1.31 bits per heavy atom. The molecule has 166 valence electrons. The van der Waals surface area contributed by atoms with Crippen molar-refractivity contribution < 1.29 is 9.59 Å². The first-order chi connectivity index (χ1) is 15.7. The number of likely N-dealkylation sites (tertiary alicyclic amines) is 1. The molecule has 32 heavy (non-hydrogen) atoms. The van der Waals surface area contributed by atoms with Crippen molar-refractivity contribution in [1.29, 1.82) is 0 Å². The van der Waals surface area contributed by atoms with Gasteiger partial charge in [0.05, 0.1) is 5.56 Å². The Kier molecular flexibility index (Phi) is 5.84. The minimum atomic E-state index is 0.0538. The third kappa shape index (κ3) is 4.09. The lowest BCUT2D eigenvalue weighted by atomic mass is 10.1. The van der Waals surface area contributed by atoms with Gasteiger partial charge in [-0.3, -0.25) is 4.79 Å². The minimum Gasteiger partial charge on any atom is -0.342 e. The lowest BCUT2D eigenvalue weighted by Gasteiger charge is -2.38. The number of hydrogen-bond donors (Lipinski definition) is 0. The molecule has 0 unspecified atom stereocenters. The second-order valence-electron chi connectivity index (χ2n) is 8.78. The molecule has 0 saturated carbocycles. The predicted octanol–water partition coefficient (Wildman–Crippen LogP) is 4.05. The van der Waals surface area contributed by atoms with Crippen LogP contribution in [0.2, 0.25) is 0 Å². The number of para-hydroxylation sites is 1. The van der Waals surface area contributed by atoms with Gasteiger partial charge < -0.3 is 19.3 Å². The second-order valence-corrected chi connectivity index (χ2v) is 8.78. The van der Waals surface area contributed by atoms with E-state index in [9.17, 15) is 9.59 Å². The average molecular weight is 431 g/mol. The van der Waals surface area contributed by atoms with Crippen molar-refractivity contribution in [2.75, 3.05) is 39.3 Å². The number of hydrogen-bond acceptors (Lipinski definition) is 2. The van der Waals surface area contributed by atoms with Crippen molar-refractivity contribution in [3.63, 3.8) is 0 Å². The van der Waals surface area contributed by atoms with E-state index in [1.165, 1.54) is 12.0 Å². The van der Waals surface area contributed by atoms with E-state index in [-0.39, 0.29) is 11.9 Å². The van der Waals surface area contributed by atoms with Crippen molar-refractivity contribution in [3.8, 4) is 0 Å². The summed E-state index contributed by atoms with van der Waals surface area (Å²) < 4.78 is 2.16. The number of piperazine rings is 1. The number of urea groups is 1. The highest BCUT2D eigenvalue weighted by Gasteiger charge is 2.29. The third-order valence-corrected chi connectivity index (χ3v) is 6.68. The molecule has 0 aliphatic carbocycles. The Bertz CT molecular complexity index is 1090. The first-order valence-corrected chi connectivity index (χ1v) is 11.7. The molecule has 2 fully saturated rings. The van der Waals surface area contributed by atoms with Crippen LogP contribution >= 0.6 is 0 Å². The van der Waals surface area contributed by atoms with Gasteiger partial charge in [0.15, 0.2) is 0 Å². The molecule has 1 aromatic heterocycles. The molecule has 5 rings (SSSR count). The van der Waals surface area contributed by atoms with Gasteiger partial charge in [-0.25, -0.2) is 4.79 Å². The molecule has 2 aliphatic heterocycles. The van der Waals surface area contributed by atoms with Crippen molar-refractivity contribution >= 4 is 22.8 Å². The molecule has 2 aliphatic rings. The summed E-state index contributed by atoms with van der Waals surface area (Å²) in [5.41, 5.74) is 3.02. The Balaban J connectivity index is 1.30. The standard InChI is InChI=1S/C26H30N4O2/c31-25(27-15-17-29(18-16-27)26(32)28-13-7-2-8-14-28)23-20-30(19-21-9-3-1-4-10-21)24-12-6-5-11-22(23)24/h1,3-6,9-12,20H,2,7-8,13-19H2. The smallest absolute Gasteiger partial charge is 0.320 e. The molecule has 2 saturated heterocycles. The molecule has 3 aromatic rings. The summed E-state index contributed by atoms with van der Waals surface area (Å²) in [5.74, 6) is 0.0538. The van der Waals surface area contributed by atoms with E-state index < -0.39 is 0 Å². The number of carbonyl (C=O) groups excluding carboxylic acids is 2. The molecular formula is C26H30N4O2. The summed E-state index contributed by atoms with van der Waals surface area (Å²) in [6.07, 6.45) is 5.39. The molecular weight excluding hydrogens is 400 g/mol. The number of piperidine rings is 1. The fourth-order valence-corrected chi connectivity index (χ4v) is 4.88. The number of carbonyl (C=O) groups is 2. The Hall–Kier alpha value is -3.28. The van der Waals surface area contributed by atoms with Gasteiger partial charge in [-0.05, 0) is 30.9 Å². The van der Waals surface area contributed by atoms with Crippen molar-refractivity contribution in [2.45, 2.75) is 25.8 Å². The van der Waals surface area contributed by atoms with Crippen LogP contribution in [0.4, 0.5) is 4.79 Å². The summed E-state index contributed by atoms with van der Waals surface area (Å²) in [5, 5.41) is 0.986. The molecule has 3 heterocycles. The van der Waals surface area contributed by atoms with Gasteiger partial charge in [-0.15, -0.1) is 0 Å². The summed E-state index contributed by atoms with van der Waals surface area (Å²) >= 11 is 0. The normalized spacial score (nSPS) is 17.1. The van der Waals surface area contributed by atoms with E-state index in [0.717, 1.165) is 48.9 Å². The molecule has 0 N–H and O–H groups in total. The number of fused-ring (bicyclic) bond motifs is 1. The Labute approximate surface area is 189 Å². The molecule has 0 bridgehead atoms. The zero-order chi connectivity index (χ0) is 21.9. The molecule has 6 nitrogen and oxygen atoms in total. The zero-order valence-electron chi connectivity index (χ0n) is 18.4. The first kappa shape index (κ1) is 20.6. The van der Waals surface area contributed by atoms with E-state index in [4.69, 9.17) is 0 Å². The summed E-state index contributed by atoms with van der Waals surface area (Å²) in [4.78, 5) is 32.0. The minimum absolute atomic E-state index is 0.0538. The van der Waals surface area contributed by atoms with Gasteiger partial charge in [0.2, 0.25) is 0 Å². The number of rotatable bonds is 3. The van der Waals surface area contributed by atoms with Crippen LogP contribution in [0.1, 0.15) is 35.2 Å². The number of benzene rings is 2. The van der Waals surface area contributed by atoms with Crippen molar-refractivity contribution in [3.05, 3.63) is 71.9 Å². The Morgan fingerprint density at radius 1 is 0.688 bits per heavy atom. The summed E-state index contributed by atoms with van der Waals surface area (Å²) in [6.45, 7) is 4.81. The fourth-order valence-electron chi connectivity index (χ4n) is 4.88. The monoisotopic (exact) mass is 430 g/mol. The number of nitrogens with zero attached hydrogens (tertiary/aromatic N) is 4. The summed E-state index contributed by atoms with van der Waals surface area (Å²) in [7, 11) is 0. The van der Waals surface area contributed by atoms with Gasteiger partial charge in [-0.1, -0.05) is 48.5 Å². The largest absolute Gasteiger partial charge is 0.342 e. The highest BCUT2D eigenvalue weighted by Crippen LogP contribution is 2.24. The van der Waals surface area contributed by atoms with Crippen molar-refractivity contribution in [1.82, 2.24) is 19.3 Å². The van der Waals surface area contributed by atoms with Gasteiger partial charge in [-0.2, -0.15) is 0 Å². The SMILES string of the molecule is O=C(c1cn(Cc2ccccc2)c2ccccc12)N1CCN(C(=O)N2CCCCC2)CC1. The maximum absolute atomic E-state index is 13.5. The maximum atomic E-state index is 13.5. The van der Waals surface area contributed by atoms with Gasteiger partial charge in [0.25, 0.3) is 5.91 Å². The van der Waals surface area contributed by atoms with Gasteiger partial charge in [0, 0.05) is 62.9 Å². The highest BCUT2D eigenvalue weighted by molar-refractivity contribution is 6.07. The van der Waals surface area contributed by atoms with Gasteiger partial charge >= 0.3 is 6.03 Å². The number of amides is 3. The lowest BCUT2D eigenvalue weighted by Crippen LogP contribution is -2.54. The van der Waals surface area contributed by atoms with Crippen LogP contribution in [-0.4, -0.2) is 70.5 Å². The van der Waals surface area contributed by atoms with E-state index in [0.29, 0.717) is 26.2 Å². The molecule has 3 amide bonds. The topological polar surface area (TPSA) is 48.8 Å². The number of aromatic nitrogens is 1. The van der Waals surface area contributed by atoms with Crippen LogP contribution in [0.5, 0.6) is 0 Å². The van der Waals surface area contributed by atoms with Crippen LogP contribution in [-0.2, 0) is 6.54 Å². The second kappa shape index (κ2) is 9.07. The highest BCUT2D eigenvalue weighted by atomic mass is 16.2. The lowest BCUT2D eigenvalue weighted by molar-refractivity contribution is 0.0634. The maximum Gasteiger partial charge on any atom is 0.320 e. The molecule has 0 radical (unpaired) electrons. The molecule has 2 aromatic carbocycles. The van der Waals surface area contributed by atoms with Crippen LogP contribution in [0, 0.1) is 0 Å². The quantitative estimate of drug-likeness (QED) is 0.629. The fraction of sp³-hybridized carbons (Fsp3) is 0.385. The van der Waals surface area contributed by atoms with E-state index in [1.54, 1.807) is 0 Å².